The Bertz CT molecular complexity index is 350. The van der Waals surface area contributed by atoms with Crippen LogP contribution >= 0.6 is 0 Å². The predicted octanol–water partition coefficient (Wildman–Crippen LogP) is 0.487. The summed E-state index contributed by atoms with van der Waals surface area (Å²) in [5.74, 6) is -1.94. The molecule has 0 aromatic carbocycles. The highest BCUT2D eigenvalue weighted by Crippen LogP contribution is 2.44. The van der Waals surface area contributed by atoms with E-state index in [0.29, 0.717) is 0 Å². The highest BCUT2D eigenvalue weighted by Gasteiger charge is 2.56. The van der Waals surface area contributed by atoms with E-state index < -0.39 is 17.8 Å². The summed E-state index contributed by atoms with van der Waals surface area (Å²) in [6, 6.07) is 0. The van der Waals surface area contributed by atoms with E-state index in [2.05, 4.69) is 0 Å². The lowest BCUT2D eigenvalue weighted by Crippen LogP contribution is -2.44. The molecular formula is C12H17NO4. The molecule has 3 fully saturated rings. The van der Waals surface area contributed by atoms with Gasteiger partial charge in [-0.1, -0.05) is 0 Å². The Kier molecular flexibility index (Phi) is 2.58. The van der Waals surface area contributed by atoms with Crippen LogP contribution in [0.1, 0.15) is 25.7 Å². The van der Waals surface area contributed by atoms with Gasteiger partial charge in [-0.25, -0.2) is 0 Å². The lowest BCUT2D eigenvalue weighted by atomic mass is 9.78. The van der Waals surface area contributed by atoms with Crippen molar-refractivity contribution in [2.24, 2.45) is 11.8 Å². The number of likely N-dealkylation sites (tertiary alicyclic amines) is 1. The van der Waals surface area contributed by atoms with Crippen molar-refractivity contribution in [1.29, 1.82) is 0 Å². The van der Waals surface area contributed by atoms with Gasteiger partial charge in [0.1, 0.15) is 0 Å². The summed E-state index contributed by atoms with van der Waals surface area (Å²) in [6.07, 6.45) is 3.28. The Morgan fingerprint density at radius 1 is 1.06 bits per heavy atom. The fourth-order valence-electron chi connectivity index (χ4n) is 3.45. The standard InChI is InChI=1S/C12H17NO4/c14-11(13-5-1-2-6-13)9-7-3-4-8(17-7)10(9)12(15)16/h7-10H,1-6H2,(H,15,16). The molecule has 5 nitrogen and oxygen atoms in total. The lowest BCUT2D eigenvalue weighted by molar-refractivity contribution is -0.150. The predicted molar refractivity (Wildman–Crippen MR) is 58.3 cm³/mol. The summed E-state index contributed by atoms with van der Waals surface area (Å²) < 4.78 is 5.61. The number of hydrogen-bond acceptors (Lipinski definition) is 3. The normalized spacial score (nSPS) is 39.9. The zero-order valence-electron chi connectivity index (χ0n) is 9.67. The maximum absolute atomic E-state index is 12.3. The Morgan fingerprint density at radius 2 is 1.65 bits per heavy atom. The van der Waals surface area contributed by atoms with Crippen LogP contribution in [-0.2, 0) is 14.3 Å². The molecule has 0 radical (unpaired) electrons. The van der Waals surface area contributed by atoms with Crippen molar-refractivity contribution in [2.75, 3.05) is 13.1 Å². The van der Waals surface area contributed by atoms with Crippen molar-refractivity contribution in [3.63, 3.8) is 0 Å². The van der Waals surface area contributed by atoms with E-state index in [-0.39, 0.29) is 18.1 Å². The van der Waals surface area contributed by atoms with Gasteiger partial charge in [0, 0.05) is 13.1 Å². The largest absolute Gasteiger partial charge is 0.481 e. The minimum absolute atomic E-state index is 0.00194. The first-order valence-electron chi connectivity index (χ1n) is 6.35. The summed E-state index contributed by atoms with van der Waals surface area (Å²) in [5.41, 5.74) is 0. The van der Waals surface area contributed by atoms with Gasteiger partial charge in [-0.15, -0.1) is 0 Å². The number of nitrogens with zero attached hydrogens (tertiary/aromatic N) is 1. The highest BCUT2D eigenvalue weighted by molar-refractivity contribution is 5.86. The van der Waals surface area contributed by atoms with Gasteiger partial charge in [-0.05, 0) is 25.7 Å². The van der Waals surface area contributed by atoms with Crippen LogP contribution < -0.4 is 0 Å². The average molecular weight is 239 g/mol. The fourth-order valence-corrected chi connectivity index (χ4v) is 3.45. The smallest absolute Gasteiger partial charge is 0.310 e. The number of amides is 1. The number of hydrogen-bond donors (Lipinski definition) is 1. The van der Waals surface area contributed by atoms with Crippen LogP contribution in [0.25, 0.3) is 0 Å². The Morgan fingerprint density at radius 3 is 2.24 bits per heavy atom. The van der Waals surface area contributed by atoms with E-state index in [1.807, 2.05) is 4.90 Å². The number of ether oxygens (including phenoxy) is 1. The lowest BCUT2D eigenvalue weighted by Gasteiger charge is -2.27. The SMILES string of the molecule is O=C(O)C1C2CCC(O2)C1C(=O)N1CCCC1. The third kappa shape index (κ3) is 1.64. The maximum atomic E-state index is 12.3. The van der Waals surface area contributed by atoms with E-state index >= 15 is 0 Å². The minimum Gasteiger partial charge on any atom is -0.481 e. The van der Waals surface area contributed by atoms with Gasteiger partial charge in [0.2, 0.25) is 5.91 Å². The number of carbonyl (C=O) groups excluding carboxylic acids is 1. The second kappa shape index (κ2) is 3.98. The van der Waals surface area contributed by atoms with Crippen LogP contribution in [-0.4, -0.2) is 47.2 Å². The molecule has 0 aromatic rings. The molecular weight excluding hydrogens is 222 g/mol. The van der Waals surface area contributed by atoms with E-state index in [1.54, 1.807) is 0 Å². The Labute approximate surface area is 99.7 Å². The van der Waals surface area contributed by atoms with Gasteiger partial charge < -0.3 is 14.7 Å². The van der Waals surface area contributed by atoms with Crippen LogP contribution in [0.15, 0.2) is 0 Å². The molecule has 1 amide bonds. The molecule has 2 bridgehead atoms. The van der Waals surface area contributed by atoms with Gasteiger partial charge in [0.15, 0.2) is 0 Å². The van der Waals surface area contributed by atoms with Crippen molar-refractivity contribution >= 4 is 11.9 Å². The summed E-state index contributed by atoms with van der Waals surface area (Å²) in [6.45, 7) is 1.55. The van der Waals surface area contributed by atoms with Gasteiger partial charge in [-0.2, -0.15) is 0 Å². The number of carboxylic acids is 1. The first-order valence-corrected chi connectivity index (χ1v) is 6.35. The van der Waals surface area contributed by atoms with E-state index in [1.165, 1.54) is 0 Å². The molecule has 3 aliphatic rings. The molecule has 4 unspecified atom stereocenters. The minimum atomic E-state index is -0.880. The molecule has 3 rings (SSSR count). The third-order valence-electron chi connectivity index (χ3n) is 4.26. The summed E-state index contributed by atoms with van der Waals surface area (Å²) in [4.78, 5) is 25.4. The zero-order chi connectivity index (χ0) is 12.0. The van der Waals surface area contributed by atoms with Crippen molar-refractivity contribution < 1.29 is 19.4 Å². The van der Waals surface area contributed by atoms with Crippen molar-refractivity contribution in [2.45, 2.75) is 37.9 Å². The molecule has 1 N–H and O–H groups in total. The van der Waals surface area contributed by atoms with Crippen LogP contribution in [0.2, 0.25) is 0 Å². The van der Waals surface area contributed by atoms with Crippen LogP contribution in [0.5, 0.6) is 0 Å². The van der Waals surface area contributed by atoms with Gasteiger partial charge in [-0.3, -0.25) is 9.59 Å². The summed E-state index contributed by atoms with van der Waals surface area (Å²) in [5, 5.41) is 9.25. The molecule has 3 aliphatic heterocycles. The second-order valence-electron chi connectivity index (χ2n) is 5.21. The van der Waals surface area contributed by atoms with Crippen molar-refractivity contribution in [1.82, 2.24) is 4.90 Å². The highest BCUT2D eigenvalue weighted by atomic mass is 16.5. The van der Waals surface area contributed by atoms with E-state index in [4.69, 9.17) is 4.74 Å². The molecule has 0 aliphatic carbocycles. The average Bonchev–Trinajstić information content (AvgIpc) is 3.02. The molecule has 4 atom stereocenters. The fraction of sp³-hybridized carbons (Fsp3) is 0.833. The third-order valence-corrected chi connectivity index (χ3v) is 4.26. The van der Waals surface area contributed by atoms with Crippen LogP contribution in [0.3, 0.4) is 0 Å². The zero-order valence-corrected chi connectivity index (χ0v) is 9.67. The van der Waals surface area contributed by atoms with E-state index in [0.717, 1.165) is 38.8 Å². The summed E-state index contributed by atoms with van der Waals surface area (Å²) >= 11 is 0. The molecule has 0 aromatic heterocycles. The quantitative estimate of drug-likeness (QED) is 0.761. The number of fused-ring (bicyclic) bond motifs is 2. The molecule has 0 saturated carbocycles. The second-order valence-corrected chi connectivity index (χ2v) is 5.21. The maximum Gasteiger partial charge on any atom is 0.310 e. The molecule has 17 heavy (non-hydrogen) atoms. The molecule has 3 saturated heterocycles. The number of aliphatic carboxylic acids is 1. The van der Waals surface area contributed by atoms with Gasteiger partial charge in [0.05, 0.1) is 24.0 Å². The molecule has 0 spiro atoms. The molecule has 5 heteroatoms. The van der Waals surface area contributed by atoms with E-state index in [9.17, 15) is 14.7 Å². The molecule has 3 heterocycles. The Hall–Kier alpha value is -1.10. The van der Waals surface area contributed by atoms with Crippen molar-refractivity contribution in [3.05, 3.63) is 0 Å². The first-order chi connectivity index (χ1) is 8.18. The first kappa shape index (κ1) is 11.0. The van der Waals surface area contributed by atoms with Crippen molar-refractivity contribution in [3.8, 4) is 0 Å². The number of carbonyl (C=O) groups is 2. The van der Waals surface area contributed by atoms with Gasteiger partial charge in [0.25, 0.3) is 0 Å². The Balaban J connectivity index is 1.80. The van der Waals surface area contributed by atoms with Crippen LogP contribution in [0.4, 0.5) is 0 Å². The molecule has 94 valence electrons. The van der Waals surface area contributed by atoms with Crippen LogP contribution in [0, 0.1) is 11.8 Å². The summed E-state index contributed by atoms with van der Waals surface area (Å²) in [7, 11) is 0. The monoisotopic (exact) mass is 239 g/mol. The number of carboxylic acid groups (broad SMARTS) is 1. The van der Waals surface area contributed by atoms with Gasteiger partial charge >= 0.3 is 5.97 Å². The number of rotatable bonds is 2. The topological polar surface area (TPSA) is 66.8 Å².